The maximum atomic E-state index is 12.5. The van der Waals surface area contributed by atoms with Crippen LogP contribution in [0.1, 0.15) is 56.1 Å². The molecule has 34 heavy (non-hydrogen) atoms. The summed E-state index contributed by atoms with van der Waals surface area (Å²) in [6, 6.07) is 15.4. The molecule has 2 amide bonds. The van der Waals surface area contributed by atoms with Crippen molar-refractivity contribution in [1.29, 1.82) is 0 Å². The van der Waals surface area contributed by atoms with Gasteiger partial charge >= 0.3 is 12.1 Å². The highest BCUT2D eigenvalue weighted by atomic mass is 16.5. The molecular formula is C27H32N2O5. The third-order valence-corrected chi connectivity index (χ3v) is 7.11. The van der Waals surface area contributed by atoms with Crippen molar-refractivity contribution in [2.45, 2.75) is 51.0 Å². The van der Waals surface area contributed by atoms with Gasteiger partial charge < -0.3 is 20.5 Å². The van der Waals surface area contributed by atoms with Gasteiger partial charge in [0.05, 0.1) is 6.42 Å². The number of carbonyl (C=O) groups excluding carboxylic acids is 2. The summed E-state index contributed by atoms with van der Waals surface area (Å²) < 4.78 is 5.51. The Labute approximate surface area is 199 Å². The minimum atomic E-state index is -0.851. The van der Waals surface area contributed by atoms with Gasteiger partial charge in [0.25, 0.3) is 0 Å². The van der Waals surface area contributed by atoms with Crippen molar-refractivity contribution in [3.8, 4) is 11.1 Å². The Morgan fingerprint density at radius 1 is 1.00 bits per heavy atom. The summed E-state index contributed by atoms with van der Waals surface area (Å²) in [7, 11) is 0. The Morgan fingerprint density at radius 2 is 1.59 bits per heavy atom. The Kier molecular flexibility index (Phi) is 7.50. The number of amides is 2. The minimum Gasteiger partial charge on any atom is -0.481 e. The second-order valence-corrected chi connectivity index (χ2v) is 9.34. The van der Waals surface area contributed by atoms with E-state index in [2.05, 4.69) is 34.9 Å². The molecule has 180 valence electrons. The lowest BCUT2D eigenvalue weighted by Crippen LogP contribution is -2.46. The van der Waals surface area contributed by atoms with E-state index in [1.807, 2.05) is 24.3 Å². The first kappa shape index (κ1) is 23.8. The van der Waals surface area contributed by atoms with E-state index >= 15 is 0 Å². The lowest BCUT2D eigenvalue weighted by molar-refractivity contribution is -0.138. The molecule has 0 aliphatic heterocycles. The molecule has 1 fully saturated rings. The van der Waals surface area contributed by atoms with Gasteiger partial charge in [-0.2, -0.15) is 0 Å². The van der Waals surface area contributed by atoms with E-state index in [1.165, 1.54) is 0 Å². The van der Waals surface area contributed by atoms with Crippen LogP contribution in [0.4, 0.5) is 4.79 Å². The summed E-state index contributed by atoms with van der Waals surface area (Å²) in [6.45, 7) is 2.07. The lowest BCUT2D eigenvalue weighted by atomic mass is 9.88. The van der Waals surface area contributed by atoms with Gasteiger partial charge in [-0.1, -0.05) is 74.2 Å². The molecule has 2 aromatic rings. The van der Waals surface area contributed by atoms with Crippen LogP contribution in [-0.2, 0) is 14.3 Å². The second-order valence-electron chi connectivity index (χ2n) is 9.34. The van der Waals surface area contributed by atoms with E-state index in [0.717, 1.165) is 47.9 Å². The SMILES string of the molecule is CC(NC(=O)OCC1c2ccccc2-c2ccccc21)C(=O)NCC(CC(=O)O)C1CCCC1. The Bertz CT molecular complexity index is 1000. The first-order chi connectivity index (χ1) is 16.4. The number of carbonyl (C=O) groups is 3. The fraction of sp³-hybridized carbons (Fsp3) is 0.444. The van der Waals surface area contributed by atoms with E-state index in [9.17, 15) is 19.5 Å². The van der Waals surface area contributed by atoms with Gasteiger partial charge in [-0.15, -0.1) is 0 Å². The van der Waals surface area contributed by atoms with Gasteiger partial charge in [0.1, 0.15) is 12.6 Å². The lowest BCUT2D eigenvalue weighted by Gasteiger charge is -2.23. The maximum absolute atomic E-state index is 12.5. The van der Waals surface area contributed by atoms with Crippen molar-refractivity contribution in [1.82, 2.24) is 10.6 Å². The van der Waals surface area contributed by atoms with Crippen LogP contribution in [0.15, 0.2) is 48.5 Å². The van der Waals surface area contributed by atoms with Gasteiger partial charge in [-0.05, 0) is 41.0 Å². The van der Waals surface area contributed by atoms with Gasteiger partial charge in [0.2, 0.25) is 5.91 Å². The number of hydrogen-bond donors (Lipinski definition) is 3. The van der Waals surface area contributed by atoms with Crippen molar-refractivity contribution in [3.63, 3.8) is 0 Å². The van der Waals surface area contributed by atoms with Crippen LogP contribution >= 0.6 is 0 Å². The minimum absolute atomic E-state index is 0.0408. The molecule has 7 nitrogen and oxygen atoms in total. The normalized spacial score (nSPS) is 16.9. The standard InChI is InChI=1S/C27H32N2O5/c1-17(26(32)28-15-19(14-25(30)31)18-8-2-3-9-18)29-27(33)34-16-24-22-12-6-4-10-20(22)21-11-5-7-13-23(21)24/h4-7,10-13,17-19,24H,2-3,8-9,14-16H2,1H3,(H,28,32)(H,29,33)(H,30,31). The number of benzene rings is 2. The van der Waals surface area contributed by atoms with Crippen LogP contribution < -0.4 is 10.6 Å². The Hall–Kier alpha value is -3.35. The van der Waals surface area contributed by atoms with Gasteiger partial charge in [-0.25, -0.2) is 4.79 Å². The number of nitrogens with one attached hydrogen (secondary N) is 2. The van der Waals surface area contributed by atoms with Crippen molar-refractivity contribution >= 4 is 18.0 Å². The molecule has 4 rings (SSSR count). The number of carboxylic acids is 1. The molecule has 0 bridgehead atoms. The number of rotatable bonds is 9. The number of hydrogen-bond acceptors (Lipinski definition) is 4. The molecule has 0 aromatic heterocycles. The van der Waals surface area contributed by atoms with Gasteiger partial charge in [0, 0.05) is 12.5 Å². The van der Waals surface area contributed by atoms with Crippen molar-refractivity contribution in [3.05, 3.63) is 59.7 Å². The molecule has 7 heteroatoms. The molecule has 0 spiro atoms. The maximum Gasteiger partial charge on any atom is 0.407 e. The largest absolute Gasteiger partial charge is 0.481 e. The van der Waals surface area contributed by atoms with E-state index in [-0.39, 0.29) is 30.8 Å². The quantitative estimate of drug-likeness (QED) is 0.513. The zero-order chi connectivity index (χ0) is 24.1. The van der Waals surface area contributed by atoms with Crippen molar-refractivity contribution in [2.24, 2.45) is 11.8 Å². The second kappa shape index (κ2) is 10.7. The number of aliphatic carboxylic acids is 1. The van der Waals surface area contributed by atoms with Crippen LogP contribution in [0.25, 0.3) is 11.1 Å². The van der Waals surface area contributed by atoms with E-state index in [0.29, 0.717) is 12.5 Å². The number of ether oxygens (including phenoxy) is 1. The zero-order valence-corrected chi connectivity index (χ0v) is 19.5. The molecule has 3 N–H and O–H groups in total. The van der Waals surface area contributed by atoms with Crippen molar-refractivity contribution < 1.29 is 24.2 Å². The van der Waals surface area contributed by atoms with Crippen LogP contribution in [0.5, 0.6) is 0 Å². The average Bonchev–Trinajstić information content (AvgIpc) is 3.47. The van der Waals surface area contributed by atoms with Gasteiger partial charge in [0.15, 0.2) is 0 Å². The van der Waals surface area contributed by atoms with E-state index < -0.39 is 18.1 Å². The van der Waals surface area contributed by atoms with Crippen LogP contribution in [-0.4, -0.2) is 42.3 Å². The smallest absolute Gasteiger partial charge is 0.407 e. The number of alkyl carbamates (subject to hydrolysis) is 1. The molecule has 2 aromatic carbocycles. The number of carboxylic acid groups (broad SMARTS) is 1. The van der Waals surface area contributed by atoms with Gasteiger partial charge in [-0.3, -0.25) is 9.59 Å². The summed E-state index contributed by atoms with van der Waals surface area (Å²) in [5, 5.41) is 14.6. The van der Waals surface area contributed by atoms with E-state index in [1.54, 1.807) is 6.92 Å². The number of fused-ring (bicyclic) bond motifs is 3. The zero-order valence-electron chi connectivity index (χ0n) is 19.5. The highest BCUT2D eigenvalue weighted by Crippen LogP contribution is 2.44. The predicted octanol–water partition coefficient (Wildman–Crippen LogP) is 4.31. The fourth-order valence-corrected chi connectivity index (χ4v) is 5.33. The van der Waals surface area contributed by atoms with Crippen LogP contribution in [0.3, 0.4) is 0 Å². The monoisotopic (exact) mass is 464 g/mol. The molecule has 0 saturated heterocycles. The molecule has 1 saturated carbocycles. The summed E-state index contributed by atoms with van der Waals surface area (Å²) >= 11 is 0. The highest BCUT2D eigenvalue weighted by molar-refractivity contribution is 5.85. The summed E-state index contributed by atoms with van der Waals surface area (Å²) in [6.07, 6.45) is 3.60. The Morgan fingerprint density at radius 3 is 2.18 bits per heavy atom. The first-order valence-electron chi connectivity index (χ1n) is 12.0. The third-order valence-electron chi connectivity index (χ3n) is 7.11. The summed E-state index contributed by atoms with van der Waals surface area (Å²) in [4.78, 5) is 36.2. The topological polar surface area (TPSA) is 105 Å². The van der Waals surface area contributed by atoms with Crippen molar-refractivity contribution in [2.75, 3.05) is 13.2 Å². The average molecular weight is 465 g/mol. The molecule has 0 heterocycles. The van der Waals surface area contributed by atoms with E-state index in [4.69, 9.17) is 4.74 Å². The first-order valence-corrected chi connectivity index (χ1v) is 12.0. The fourth-order valence-electron chi connectivity index (χ4n) is 5.33. The van der Waals surface area contributed by atoms with Crippen LogP contribution in [0.2, 0.25) is 0 Å². The molecule has 2 unspecified atom stereocenters. The molecule has 0 radical (unpaired) electrons. The highest BCUT2D eigenvalue weighted by Gasteiger charge is 2.30. The summed E-state index contributed by atoms with van der Waals surface area (Å²) in [5.41, 5.74) is 4.55. The summed E-state index contributed by atoms with van der Waals surface area (Å²) in [5.74, 6) is -1.02. The molecular weight excluding hydrogens is 432 g/mol. The molecule has 2 aliphatic carbocycles. The predicted molar refractivity (Wildman–Crippen MR) is 128 cm³/mol. The molecule has 2 atom stereocenters. The Balaban J connectivity index is 1.28. The molecule has 2 aliphatic rings. The van der Waals surface area contributed by atoms with Crippen LogP contribution in [0, 0.1) is 11.8 Å². The third kappa shape index (κ3) is 5.41.